The molecular weight excluding hydrogens is 917 g/mol. The number of halogens is 4. The van der Waals surface area contributed by atoms with Gasteiger partial charge in [-0.25, -0.2) is 31.9 Å². The van der Waals surface area contributed by atoms with Crippen molar-refractivity contribution >= 4 is 18.3 Å². The first kappa shape index (κ1) is 57.6. The molecule has 18 heteroatoms. The molecule has 5 rings (SSSR count). The fourth-order valence-electron chi connectivity index (χ4n) is 8.93. The van der Waals surface area contributed by atoms with Gasteiger partial charge in [-0.2, -0.15) is 0 Å². The van der Waals surface area contributed by atoms with E-state index in [1.54, 1.807) is 30.6 Å². The standard InChI is InChI=1S/C30H40F2N2O6.C22H34F2N2O4/c1-20-10-9-13-26(34(20)29(36)40-30(2,3)4)27(39-19-37-5)25(16-22-14-23(31)17-24(32)15-22)33-28(35)38-18-21-11-7-6-8-12-21;1-14-7-6-8-19(26(14)21(27)30-22(2,3)4)20(29-13-28-5)18(25)11-15-9-16(23)12-17(24)10-15/h6-8,11-12,14-15,17,20,25-27H,9-10,13,16,18-19H2,1-5H3,(H,33,35);9-10,12,14,18-20H,6-8,11,13,25H2,1-5H3/t20-,25-,26+,27-;14-,18-,19+,20-/m00/s1. The Labute approximate surface area is 410 Å². The van der Waals surface area contributed by atoms with Crippen LogP contribution in [0.3, 0.4) is 0 Å². The lowest BCUT2D eigenvalue weighted by Gasteiger charge is -2.46. The summed E-state index contributed by atoms with van der Waals surface area (Å²) in [4.78, 5) is 42.7. The summed E-state index contributed by atoms with van der Waals surface area (Å²) in [5.74, 6) is -2.80. The Morgan fingerprint density at radius 3 is 1.51 bits per heavy atom. The van der Waals surface area contributed by atoms with Crippen molar-refractivity contribution in [2.45, 2.75) is 173 Å². The number of hydrogen-bond acceptors (Lipinski definition) is 11. The Hall–Kier alpha value is -5.01. The molecule has 2 heterocycles. The Bertz CT molecular complexity index is 2070. The van der Waals surface area contributed by atoms with Crippen LogP contribution in [0.2, 0.25) is 0 Å². The number of benzene rings is 3. The van der Waals surface area contributed by atoms with Gasteiger partial charge in [0, 0.05) is 44.5 Å². The van der Waals surface area contributed by atoms with Crippen LogP contribution < -0.4 is 11.1 Å². The summed E-state index contributed by atoms with van der Waals surface area (Å²) in [6.45, 7) is 14.6. The molecule has 2 aliphatic rings. The van der Waals surface area contributed by atoms with Gasteiger partial charge in [-0.15, -0.1) is 0 Å². The Morgan fingerprint density at radius 1 is 0.643 bits per heavy atom. The molecule has 2 aliphatic heterocycles. The van der Waals surface area contributed by atoms with Crippen molar-refractivity contribution in [3.8, 4) is 0 Å². The summed E-state index contributed by atoms with van der Waals surface area (Å²) < 4.78 is 94.5. The van der Waals surface area contributed by atoms with Crippen LogP contribution in [0.4, 0.5) is 31.9 Å². The number of nitrogens with zero attached hydrogens (tertiary/aromatic N) is 2. The topological polar surface area (TPSA) is 160 Å². The van der Waals surface area contributed by atoms with Gasteiger partial charge in [0.15, 0.2) is 0 Å². The third kappa shape index (κ3) is 18.6. The fourth-order valence-corrected chi connectivity index (χ4v) is 8.93. The third-order valence-electron chi connectivity index (χ3n) is 11.7. The average molecular weight is 991 g/mol. The zero-order valence-corrected chi connectivity index (χ0v) is 42.3. The maximum atomic E-state index is 14.1. The van der Waals surface area contributed by atoms with Crippen LogP contribution in [-0.4, -0.2) is 116 Å². The second-order valence-corrected chi connectivity index (χ2v) is 20.0. The monoisotopic (exact) mass is 991 g/mol. The molecule has 0 unspecified atom stereocenters. The zero-order valence-electron chi connectivity index (χ0n) is 42.3. The fraction of sp³-hybridized carbons (Fsp3) is 0.596. The highest BCUT2D eigenvalue weighted by atomic mass is 19.1. The van der Waals surface area contributed by atoms with Crippen molar-refractivity contribution in [2.24, 2.45) is 5.73 Å². The molecule has 0 aromatic heterocycles. The molecule has 14 nitrogen and oxygen atoms in total. The largest absolute Gasteiger partial charge is 0.445 e. The van der Waals surface area contributed by atoms with E-state index in [0.717, 1.165) is 43.4 Å². The quantitative estimate of drug-likeness (QED) is 0.0753. The molecule has 3 aromatic carbocycles. The van der Waals surface area contributed by atoms with Gasteiger partial charge in [0.2, 0.25) is 0 Å². The first-order valence-electron chi connectivity index (χ1n) is 23.8. The van der Waals surface area contributed by atoms with Gasteiger partial charge in [-0.3, -0.25) is 9.80 Å². The molecule has 0 radical (unpaired) electrons. The molecule has 3 aromatic rings. The molecule has 390 valence electrons. The van der Waals surface area contributed by atoms with Crippen LogP contribution in [0.5, 0.6) is 0 Å². The molecule has 8 atom stereocenters. The smallest absolute Gasteiger partial charge is 0.410 e. The summed E-state index contributed by atoms with van der Waals surface area (Å²) in [5, 5.41) is 2.84. The van der Waals surface area contributed by atoms with E-state index in [0.29, 0.717) is 24.0 Å². The van der Waals surface area contributed by atoms with E-state index in [9.17, 15) is 31.9 Å². The number of nitrogens with one attached hydrogen (secondary N) is 1. The third-order valence-corrected chi connectivity index (χ3v) is 11.7. The predicted molar refractivity (Wildman–Crippen MR) is 255 cm³/mol. The highest BCUT2D eigenvalue weighted by Crippen LogP contribution is 2.32. The highest BCUT2D eigenvalue weighted by Gasteiger charge is 2.44. The zero-order chi connectivity index (χ0) is 51.8. The number of likely N-dealkylation sites (tertiary alicyclic amines) is 2. The van der Waals surface area contributed by atoms with Crippen molar-refractivity contribution in [2.75, 3.05) is 27.8 Å². The SMILES string of the molecule is COCO[C@@H]([C@H](Cc1cc(F)cc(F)c1)NC(=O)OCc1ccccc1)[C@H]1CCC[C@H](C)N1C(=O)OC(C)(C)C.COCO[C@H]([C@H]1CCC[C@H](C)N1C(=O)OC(C)(C)C)[C@@H](N)Cc1cc(F)cc(F)c1. The van der Waals surface area contributed by atoms with E-state index in [1.165, 1.54) is 38.5 Å². The number of nitrogens with two attached hydrogens (primary N) is 1. The van der Waals surface area contributed by atoms with Crippen molar-refractivity contribution in [1.29, 1.82) is 0 Å². The van der Waals surface area contributed by atoms with Crippen molar-refractivity contribution in [1.82, 2.24) is 15.1 Å². The number of hydrogen-bond donors (Lipinski definition) is 2. The minimum absolute atomic E-state index is 0.0105. The van der Waals surface area contributed by atoms with Gasteiger partial charge in [0.25, 0.3) is 0 Å². The molecule has 0 aliphatic carbocycles. The lowest BCUT2D eigenvalue weighted by atomic mass is 9.87. The molecule has 0 bridgehead atoms. The van der Waals surface area contributed by atoms with Crippen LogP contribution in [0.15, 0.2) is 66.7 Å². The molecule has 2 fully saturated rings. The van der Waals surface area contributed by atoms with E-state index >= 15 is 0 Å². The van der Waals surface area contributed by atoms with Crippen molar-refractivity contribution < 1.29 is 65.1 Å². The van der Waals surface area contributed by atoms with Crippen LogP contribution in [-0.2, 0) is 52.6 Å². The normalized spacial score (nSPS) is 20.3. The van der Waals surface area contributed by atoms with Crippen LogP contribution in [0.1, 0.15) is 111 Å². The number of alkyl carbamates (subject to hydrolysis) is 1. The van der Waals surface area contributed by atoms with Gasteiger partial charge in [0.05, 0.1) is 24.2 Å². The molecule has 0 spiro atoms. The Balaban J connectivity index is 0.000000318. The van der Waals surface area contributed by atoms with Gasteiger partial charge in [-0.1, -0.05) is 30.3 Å². The van der Waals surface area contributed by atoms with E-state index in [-0.39, 0.29) is 51.2 Å². The molecule has 70 heavy (non-hydrogen) atoms. The average Bonchev–Trinajstić information content (AvgIpc) is 3.24. The number of rotatable bonds is 17. The number of carbonyl (C=O) groups is 3. The first-order valence-corrected chi connectivity index (χ1v) is 23.8. The van der Waals surface area contributed by atoms with Crippen molar-refractivity contribution in [3.63, 3.8) is 0 Å². The first-order chi connectivity index (χ1) is 33.0. The summed E-state index contributed by atoms with van der Waals surface area (Å²) in [6.07, 6.45) is 1.70. The van der Waals surface area contributed by atoms with E-state index in [2.05, 4.69) is 5.32 Å². The van der Waals surface area contributed by atoms with Gasteiger partial charge in [0.1, 0.15) is 60.8 Å². The summed E-state index contributed by atoms with van der Waals surface area (Å²) in [7, 11) is 2.96. The Morgan fingerprint density at radius 2 is 1.07 bits per heavy atom. The predicted octanol–water partition coefficient (Wildman–Crippen LogP) is 9.97. The number of ether oxygens (including phenoxy) is 7. The van der Waals surface area contributed by atoms with Crippen LogP contribution >= 0.6 is 0 Å². The highest BCUT2D eigenvalue weighted by molar-refractivity contribution is 5.70. The number of piperidine rings is 2. The summed E-state index contributed by atoms with van der Waals surface area (Å²) in [6, 6.07) is 13.2. The summed E-state index contributed by atoms with van der Waals surface area (Å²) in [5.41, 5.74) is 6.63. The number of carbonyl (C=O) groups excluding carboxylic acids is 3. The van der Waals surface area contributed by atoms with E-state index < -0.39 is 83.1 Å². The van der Waals surface area contributed by atoms with Gasteiger partial charge < -0.3 is 44.2 Å². The molecular formula is C52H74F4N4O10. The minimum atomic E-state index is -0.833. The van der Waals surface area contributed by atoms with Crippen LogP contribution in [0.25, 0.3) is 0 Å². The van der Waals surface area contributed by atoms with Gasteiger partial charge >= 0.3 is 18.3 Å². The maximum absolute atomic E-state index is 14.1. The Kier molecular flexibility index (Phi) is 22.2. The molecule has 2 saturated heterocycles. The lowest BCUT2D eigenvalue weighted by Crippen LogP contribution is -2.61. The number of methoxy groups -OCH3 is 2. The second-order valence-electron chi connectivity index (χ2n) is 20.0. The van der Waals surface area contributed by atoms with Gasteiger partial charge in [-0.05, 0) is 148 Å². The van der Waals surface area contributed by atoms with Crippen LogP contribution in [0, 0.1) is 23.3 Å². The van der Waals surface area contributed by atoms with Crippen molar-refractivity contribution in [3.05, 3.63) is 107 Å². The van der Waals surface area contributed by atoms with E-state index in [1.807, 2.05) is 65.0 Å². The second kappa shape index (κ2) is 27.0. The molecule has 3 N–H and O–H groups in total. The van der Waals surface area contributed by atoms with E-state index in [4.69, 9.17) is 38.9 Å². The summed E-state index contributed by atoms with van der Waals surface area (Å²) >= 11 is 0. The maximum Gasteiger partial charge on any atom is 0.410 e. The lowest BCUT2D eigenvalue weighted by molar-refractivity contribution is -0.121. The molecule has 3 amide bonds. The molecule has 0 saturated carbocycles. The minimum Gasteiger partial charge on any atom is -0.445 e. The number of amides is 3.